The van der Waals surface area contributed by atoms with E-state index in [-0.39, 0.29) is 12.2 Å². The number of hydrogen-bond donors (Lipinski definition) is 1. The van der Waals surface area contributed by atoms with Gasteiger partial charge in [0.25, 0.3) is 11.8 Å². The Morgan fingerprint density at radius 3 is 2.67 bits per heavy atom. The predicted octanol–water partition coefficient (Wildman–Crippen LogP) is 2.86. The van der Waals surface area contributed by atoms with Gasteiger partial charge in [0, 0.05) is 16.8 Å². The molecule has 30 heavy (non-hydrogen) atoms. The molecule has 1 fully saturated rings. The first-order valence-electron chi connectivity index (χ1n) is 8.83. The highest BCUT2D eigenvalue weighted by molar-refractivity contribution is 6.31. The third-order valence-corrected chi connectivity index (χ3v) is 5.28. The van der Waals surface area contributed by atoms with E-state index in [1.54, 1.807) is 25.1 Å². The molecule has 0 saturated carbocycles. The Balaban J connectivity index is 1.51. The number of benzene rings is 2. The number of nitrogens with one attached hydrogen (secondary N) is 1. The van der Waals surface area contributed by atoms with Crippen LogP contribution in [0.4, 0.5) is 20.2 Å². The van der Waals surface area contributed by atoms with Gasteiger partial charge in [-0.1, -0.05) is 22.9 Å². The molecule has 2 aromatic rings. The Morgan fingerprint density at radius 1 is 1.17 bits per heavy atom. The van der Waals surface area contributed by atoms with Crippen LogP contribution in [0.2, 0.25) is 5.02 Å². The van der Waals surface area contributed by atoms with E-state index in [0.717, 1.165) is 28.1 Å². The Morgan fingerprint density at radius 2 is 1.93 bits per heavy atom. The van der Waals surface area contributed by atoms with Crippen LogP contribution in [0, 0.1) is 18.6 Å². The molecule has 0 radical (unpaired) electrons. The van der Waals surface area contributed by atoms with Crippen molar-refractivity contribution in [3.05, 3.63) is 58.6 Å². The number of amides is 3. The van der Waals surface area contributed by atoms with Crippen molar-refractivity contribution < 1.29 is 23.2 Å². The molecule has 0 aliphatic carbocycles. The highest BCUT2D eigenvalue weighted by atomic mass is 35.5. The van der Waals surface area contributed by atoms with Gasteiger partial charge in [0.2, 0.25) is 5.91 Å². The smallest absolute Gasteiger partial charge is 0.263 e. The first kappa shape index (κ1) is 19.9. The summed E-state index contributed by atoms with van der Waals surface area (Å²) >= 11 is 6.04. The largest absolute Gasteiger partial charge is 0.324 e. The van der Waals surface area contributed by atoms with Gasteiger partial charge >= 0.3 is 0 Å². The maximum atomic E-state index is 13.6. The average Bonchev–Trinajstić information content (AvgIpc) is 3.21. The number of rotatable bonds is 4. The first-order chi connectivity index (χ1) is 14.3. The molecule has 3 amide bonds. The molecule has 2 heterocycles. The van der Waals surface area contributed by atoms with Crippen LogP contribution < -0.4 is 10.2 Å². The fraction of sp³-hybridized carbons (Fsp3) is 0.211. The zero-order valence-electron chi connectivity index (χ0n) is 15.5. The van der Waals surface area contributed by atoms with E-state index < -0.39 is 41.4 Å². The van der Waals surface area contributed by atoms with Crippen LogP contribution in [-0.4, -0.2) is 41.4 Å². The van der Waals surface area contributed by atoms with E-state index in [2.05, 4.69) is 15.7 Å². The van der Waals surface area contributed by atoms with Gasteiger partial charge in [-0.25, -0.2) is 13.7 Å². The van der Waals surface area contributed by atoms with Crippen LogP contribution >= 0.6 is 11.6 Å². The predicted molar refractivity (Wildman–Crippen MR) is 103 cm³/mol. The number of halogens is 3. The van der Waals surface area contributed by atoms with Gasteiger partial charge in [0.05, 0.1) is 5.69 Å². The normalized spacial score (nSPS) is 20.1. The second-order valence-corrected chi connectivity index (χ2v) is 7.17. The minimum atomic E-state index is -1.19. The van der Waals surface area contributed by atoms with Crippen LogP contribution in [0.1, 0.15) is 5.56 Å². The topological polar surface area (TPSA) is 94.4 Å². The zero-order valence-corrected chi connectivity index (χ0v) is 16.2. The van der Waals surface area contributed by atoms with Gasteiger partial charge in [-0.05, 0) is 36.8 Å². The van der Waals surface area contributed by atoms with Crippen molar-refractivity contribution in [2.24, 2.45) is 10.3 Å². The standard InChI is InChI=1S/C19H14ClF2N5O3/c1-9-11(20)3-2-4-14(9)23-15(28)8-26-17-16(24-25-26)18(29)27(19(17)30)10-5-6-12(21)13(22)7-10/h2-7,16-17H,8H2,1H3,(H,23,28)/t16-,17+/m0/s1. The Kier molecular flexibility index (Phi) is 4.94. The van der Waals surface area contributed by atoms with Gasteiger partial charge in [0.1, 0.15) is 6.54 Å². The lowest BCUT2D eigenvalue weighted by Crippen LogP contribution is -2.43. The lowest BCUT2D eigenvalue weighted by atomic mass is 10.1. The molecule has 0 unspecified atom stereocenters. The van der Waals surface area contributed by atoms with E-state index in [0.29, 0.717) is 16.3 Å². The van der Waals surface area contributed by atoms with Crippen LogP contribution in [0.3, 0.4) is 0 Å². The fourth-order valence-corrected chi connectivity index (χ4v) is 3.49. The van der Waals surface area contributed by atoms with Crippen molar-refractivity contribution in [3.8, 4) is 0 Å². The summed E-state index contributed by atoms with van der Waals surface area (Å²) in [6.07, 6.45) is 0. The van der Waals surface area contributed by atoms with Gasteiger partial charge in [0.15, 0.2) is 23.7 Å². The fourth-order valence-electron chi connectivity index (χ4n) is 3.31. The van der Waals surface area contributed by atoms with Crippen molar-refractivity contribution in [2.45, 2.75) is 19.0 Å². The molecule has 11 heteroatoms. The van der Waals surface area contributed by atoms with Gasteiger partial charge in [-0.15, -0.1) is 0 Å². The number of nitrogens with zero attached hydrogens (tertiary/aromatic N) is 4. The maximum absolute atomic E-state index is 13.6. The molecule has 1 saturated heterocycles. The Labute approximate surface area is 174 Å². The van der Waals surface area contributed by atoms with E-state index >= 15 is 0 Å². The summed E-state index contributed by atoms with van der Waals surface area (Å²) in [5.41, 5.74) is 1.05. The minimum absolute atomic E-state index is 0.118. The minimum Gasteiger partial charge on any atom is -0.324 e. The number of carbonyl (C=O) groups excluding carboxylic acids is 3. The molecule has 1 N–H and O–H groups in total. The molecule has 2 atom stereocenters. The molecule has 154 valence electrons. The van der Waals surface area contributed by atoms with E-state index in [9.17, 15) is 23.2 Å². The Bertz CT molecular complexity index is 1110. The lowest BCUT2D eigenvalue weighted by molar-refractivity contribution is -0.123. The van der Waals surface area contributed by atoms with Crippen LogP contribution in [0.25, 0.3) is 0 Å². The summed E-state index contributed by atoms with van der Waals surface area (Å²) in [5.74, 6) is -4.25. The number of fused-ring (bicyclic) bond motifs is 1. The maximum Gasteiger partial charge on any atom is 0.263 e. The molecule has 4 rings (SSSR count). The van der Waals surface area contributed by atoms with E-state index in [1.807, 2.05) is 0 Å². The third kappa shape index (κ3) is 3.28. The summed E-state index contributed by atoms with van der Waals surface area (Å²) in [6, 6.07) is 5.41. The SMILES string of the molecule is Cc1c(Cl)cccc1NC(=O)CN1N=N[C@@H]2C(=O)N(c3ccc(F)c(F)c3)C(=O)[C@@H]21. The van der Waals surface area contributed by atoms with Gasteiger partial charge in [-0.3, -0.25) is 19.4 Å². The highest BCUT2D eigenvalue weighted by Gasteiger charge is 2.55. The summed E-state index contributed by atoms with van der Waals surface area (Å²) in [5, 5.41) is 11.8. The first-order valence-corrected chi connectivity index (χ1v) is 9.21. The van der Waals surface area contributed by atoms with Crippen molar-refractivity contribution in [3.63, 3.8) is 0 Å². The third-order valence-electron chi connectivity index (χ3n) is 4.87. The highest BCUT2D eigenvalue weighted by Crippen LogP contribution is 2.32. The van der Waals surface area contributed by atoms with Gasteiger partial charge < -0.3 is 5.32 Å². The van der Waals surface area contributed by atoms with Crippen molar-refractivity contribution in [2.75, 3.05) is 16.8 Å². The second-order valence-electron chi connectivity index (χ2n) is 6.76. The quantitative estimate of drug-likeness (QED) is 0.750. The monoisotopic (exact) mass is 433 g/mol. The molecular formula is C19H14ClF2N5O3. The van der Waals surface area contributed by atoms with E-state index in [1.165, 1.54) is 0 Å². The number of carbonyl (C=O) groups is 3. The number of imide groups is 1. The molecule has 0 spiro atoms. The molecule has 8 nitrogen and oxygen atoms in total. The van der Waals surface area contributed by atoms with E-state index in [4.69, 9.17) is 11.6 Å². The lowest BCUT2D eigenvalue weighted by Gasteiger charge is -2.20. The molecule has 2 aromatic carbocycles. The summed E-state index contributed by atoms with van der Waals surface area (Å²) in [6.45, 7) is 1.39. The molecule has 0 bridgehead atoms. The Hall–Kier alpha value is -3.40. The summed E-state index contributed by atoms with van der Waals surface area (Å²) in [7, 11) is 0. The summed E-state index contributed by atoms with van der Waals surface area (Å²) < 4.78 is 26.7. The summed E-state index contributed by atoms with van der Waals surface area (Å²) in [4.78, 5) is 38.6. The number of hydrogen-bond acceptors (Lipinski definition) is 6. The van der Waals surface area contributed by atoms with Crippen molar-refractivity contribution in [1.29, 1.82) is 0 Å². The van der Waals surface area contributed by atoms with Gasteiger partial charge in [-0.2, -0.15) is 5.11 Å². The molecule has 2 aliphatic rings. The molecule has 0 aromatic heterocycles. The number of anilines is 2. The van der Waals surface area contributed by atoms with Crippen molar-refractivity contribution >= 4 is 40.7 Å². The zero-order chi connectivity index (χ0) is 21.6. The molecular weight excluding hydrogens is 420 g/mol. The second kappa shape index (κ2) is 7.45. The molecule has 2 aliphatic heterocycles. The average molecular weight is 434 g/mol. The van der Waals surface area contributed by atoms with Crippen LogP contribution in [-0.2, 0) is 14.4 Å². The van der Waals surface area contributed by atoms with Crippen molar-refractivity contribution in [1.82, 2.24) is 5.01 Å². The van der Waals surface area contributed by atoms with Crippen LogP contribution in [0.5, 0.6) is 0 Å². The van der Waals surface area contributed by atoms with Crippen LogP contribution in [0.15, 0.2) is 46.7 Å².